The lowest BCUT2D eigenvalue weighted by molar-refractivity contribution is 0.406. The molecule has 3 heterocycles. The highest BCUT2D eigenvalue weighted by molar-refractivity contribution is 5.85. The molecule has 154 valence electrons. The lowest BCUT2D eigenvalue weighted by Gasteiger charge is -2.14. The number of nitrogen functional groups attached to an aromatic ring is 1. The molecule has 1 aliphatic rings. The predicted octanol–water partition coefficient (Wildman–Crippen LogP) is 2.75. The second-order valence-electron chi connectivity index (χ2n) is 7.53. The molecule has 1 fully saturated rings. The fraction of sp³-hybridized carbons (Fsp3) is 0.476. The van der Waals surface area contributed by atoms with Gasteiger partial charge in [-0.2, -0.15) is 10.1 Å². The molecule has 8 nitrogen and oxygen atoms in total. The molecule has 1 aliphatic heterocycles. The minimum atomic E-state index is 0.253. The Labute approximate surface area is 170 Å². The number of hydrogen-bond acceptors (Lipinski definition) is 7. The number of hydrogen-bond donors (Lipinski definition) is 3. The Morgan fingerprint density at radius 3 is 3.00 bits per heavy atom. The number of nitrogens with zero attached hydrogens (tertiary/aromatic N) is 4. The van der Waals surface area contributed by atoms with Crippen LogP contribution in [0.3, 0.4) is 0 Å². The zero-order valence-corrected chi connectivity index (χ0v) is 17.1. The maximum absolute atomic E-state index is 5.89. The van der Waals surface area contributed by atoms with Gasteiger partial charge in [0.05, 0.1) is 19.9 Å². The molecular weight excluding hydrogens is 366 g/mol. The fourth-order valence-corrected chi connectivity index (χ4v) is 3.82. The van der Waals surface area contributed by atoms with Gasteiger partial charge >= 0.3 is 0 Å². The van der Waals surface area contributed by atoms with E-state index in [4.69, 9.17) is 15.6 Å². The van der Waals surface area contributed by atoms with E-state index in [2.05, 4.69) is 45.7 Å². The standard InChI is InChI=1S/C21H29N7O/c1-3-4-8-24-20-19-17(25-21(22)26-20)13-28(27-19)12-16-6-5-14(10-18(16)29-2)15-7-9-23-11-15/h5-6,10,13,15,23H,3-4,7-9,11-12H2,1-2H3,(H3,22,24,25,26)/t15-/m0/s1. The molecule has 0 amide bonds. The minimum absolute atomic E-state index is 0.253. The summed E-state index contributed by atoms with van der Waals surface area (Å²) in [5, 5.41) is 11.5. The molecule has 0 saturated carbocycles. The van der Waals surface area contributed by atoms with Crippen molar-refractivity contribution in [2.24, 2.45) is 0 Å². The summed E-state index contributed by atoms with van der Waals surface area (Å²) in [4.78, 5) is 8.67. The number of rotatable bonds is 8. The van der Waals surface area contributed by atoms with E-state index in [9.17, 15) is 0 Å². The number of benzene rings is 1. The maximum Gasteiger partial charge on any atom is 0.222 e. The fourth-order valence-electron chi connectivity index (χ4n) is 3.82. The van der Waals surface area contributed by atoms with Crippen LogP contribution in [0.25, 0.3) is 11.0 Å². The Bertz CT molecular complexity index is 979. The van der Waals surface area contributed by atoms with Crippen molar-refractivity contribution in [2.75, 3.05) is 37.8 Å². The first kappa shape index (κ1) is 19.4. The van der Waals surface area contributed by atoms with Gasteiger partial charge in [-0.1, -0.05) is 25.5 Å². The average Bonchev–Trinajstić information content (AvgIpc) is 3.38. The molecule has 0 bridgehead atoms. The van der Waals surface area contributed by atoms with E-state index in [-0.39, 0.29) is 5.95 Å². The van der Waals surface area contributed by atoms with Crippen molar-refractivity contribution in [3.63, 3.8) is 0 Å². The van der Waals surface area contributed by atoms with E-state index in [1.165, 1.54) is 12.0 Å². The third-order valence-corrected chi connectivity index (χ3v) is 5.43. The number of ether oxygens (including phenoxy) is 1. The molecule has 0 radical (unpaired) electrons. The van der Waals surface area contributed by atoms with Crippen molar-refractivity contribution in [1.29, 1.82) is 0 Å². The van der Waals surface area contributed by atoms with E-state index in [1.54, 1.807) is 7.11 Å². The summed E-state index contributed by atoms with van der Waals surface area (Å²) in [5.41, 5.74) is 9.77. The van der Waals surface area contributed by atoms with Crippen molar-refractivity contribution < 1.29 is 4.74 Å². The molecule has 3 aromatic rings. The smallest absolute Gasteiger partial charge is 0.222 e. The van der Waals surface area contributed by atoms with Gasteiger partial charge in [-0.3, -0.25) is 4.68 Å². The first-order chi connectivity index (χ1) is 14.2. The van der Waals surface area contributed by atoms with Crippen LogP contribution in [0.1, 0.15) is 43.2 Å². The maximum atomic E-state index is 5.89. The van der Waals surface area contributed by atoms with Gasteiger partial charge in [-0.25, -0.2) is 4.98 Å². The second kappa shape index (κ2) is 8.65. The minimum Gasteiger partial charge on any atom is -0.496 e. The van der Waals surface area contributed by atoms with Crippen molar-refractivity contribution in [3.05, 3.63) is 35.5 Å². The van der Waals surface area contributed by atoms with Crippen molar-refractivity contribution in [2.45, 2.75) is 38.6 Å². The van der Waals surface area contributed by atoms with Gasteiger partial charge in [0.1, 0.15) is 11.3 Å². The second-order valence-corrected chi connectivity index (χ2v) is 7.53. The highest BCUT2D eigenvalue weighted by atomic mass is 16.5. The van der Waals surface area contributed by atoms with Gasteiger partial charge < -0.3 is 21.1 Å². The number of methoxy groups -OCH3 is 1. The summed E-state index contributed by atoms with van der Waals surface area (Å²) < 4.78 is 7.55. The third-order valence-electron chi connectivity index (χ3n) is 5.43. The molecule has 1 aromatic carbocycles. The zero-order valence-electron chi connectivity index (χ0n) is 17.1. The molecule has 2 aromatic heterocycles. The van der Waals surface area contributed by atoms with Gasteiger partial charge in [0.25, 0.3) is 0 Å². The van der Waals surface area contributed by atoms with Crippen LogP contribution in [0.4, 0.5) is 11.8 Å². The average molecular weight is 396 g/mol. The normalized spacial score (nSPS) is 16.4. The van der Waals surface area contributed by atoms with Crippen molar-refractivity contribution >= 4 is 22.8 Å². The number of nitrogens with one attached hydrogen (secondary N) is 2. The predicted molar refractivity (Wildman–Crippen MR) is 115 cm³/mol. The van der Waals surface area contributed by atoms with Crippen molar-refractivity contribution in [1.82, 2.24) is 25.1 Å². The Kier molecular flexibility index (Phi) is 5.80. The van der Waals surface area contributed by atoms with E-state index in [1.807, 2.05) is 10.9 Å². The number of aromatic nitrogens is 4. The van der Waals surface area contributed by atoms with Crippen LogP contribution in [0.5, 0.6) is 5.75 Å². The van der Waals surface area contributed by atoms with E-state index < -0.39 is 0 Å². The topological polar surface area (TPSA) is 103 Å². The van der Waals surface area contributed by atoms with Crippen LogP contribution in [-0.2, 0) is 6.54 Å². The lowest BCUT2D eigenvalue weighted by atomic mass is 9.97. The number of fused-ring (bicyclic) bond motifs is 1. The first-order valence-electron chi connectivity index (χ1n) is 10.3. The summed E-state index contributed by atoms with van der Waals surface area (Å²) in [5.74, 6) is 2.39. The quantitative estimate of drug-likeness (QED) is 0.504. The largest absolute Gasteiger partial charge is 0.496 e. The van der Waals surface area contributed by atoms with Gasteiger partial charge in [-0.15, -0.1) is 0 Å². The van der Waals surface area contributed by atoms with Crippen LogP contribution in [0.2, 0.25) is 0 Å². The van der Waals surface area contributed by atoms with Gasteiger partial charge in [-0.05, 0) is 36.9 Å². The molecule has 0 spiro atoms. The summed E-state index contributed by atoms with van der Waals surface area (Å²) in [6.45, 7) is 5.69. The van der Waals surface area contributed by atoms with Gasteiger partial charge in [0.15, 0.2) is 11.3 Å². The summed E-state index contributed by atoms with van der Waals surface area (Å²) in [6, 6.07) is 6.50. The Morgan fingerprint density at radius 2 is 2.24 bits per heavy atom. The van der Waals surface area contributed by atoms with Crippen LogP contribution in [0, 0.1) is 0 Å². The molecular formula is C21H29N7O. The summed E-state index contributed by atoms with van der Waals surface area (Å²) in [7, 11) is 1.72. The monoisotopic (exact) mass is 395 g/mol. The Morgan fingerprint density at radius 1 is 1.34 bits per heavy atom. The van der Waals surface area contributed by atoms with Crippen LogP contribution in [-0.4, -0.2) is 46.5 Å². The number of anilines is 2. The number of nitrogens with two attached hydrogens (primary N) is 1. The van der Waals surface area contributed by atoms with E-state index >= 15 is 0 Å². The number of unbranched alkanes of at least 4 members (excludes halogenated alkanes) is 1. The molecule has 29 heavy (non-hydrogen) atoms. The van der Waals surface area contributed by atoms with Gasteiger partial charge in [0, 0.05) is 18.7 Å². The van der Waals surface area contributed by atoms with Crippen LogP contribution >= 0.6 is 0 Å². The van der Waals surface area contributed by atoms with Crippen LogP contribution in [0.15, 0.2) is 24.4 Å². The molecule has 0 unspecified atom stereocenters. The Hall–Kier alpha value is -2.87. The zero-order chi connectivity index (χ0) is 20.2. The SMILES string of the molecule is CCCCNc1nc(N)nc2cn(Cc3ccc([C@H]4CCNC4)cc3OC)nc12. The summed E-state index contributed by atoms with van der Waals surface area (Å²) in [6.07, 6.45) is 5.25. The molecule has 4 N–H and O–H groups in total. The van der Waals surface area contributed by atoms with Gasteiger partial charge in [0.2, 0.25) is 5.95 Å². The Balaban J connectivity index is 1.59. The molecule has 4 rings (SSSR count). The van der Waals surface area contributed by atoms with Crippen molar-refractivity contribution in [3.8, 4) is 5.75 Å². The third kappa shape index (κ3) is 4.27. The van der Waals surface area contributed by atoms with E-state index in [0.717, 1.165) is 54.8 Å². The first-order valence-corrected chi connectivity index (χ1v) is 10.3. The summed E-state index contributed by atoms with van der Waals surface area (Å²) >= 11 is 0. The van der Waals surface area contributed by atoms with E-state index in [0.29, 0.717) is 18.3 Å². The molecule has 1 saturated heterocycles. The highest BCUT2D eigenvalue weighted by Gasteiger charge is 2.18. The lowest BCUT2D eigenvalue weighted by Crippen LogP contribution is -2.09. The molecule has 1 atom stereocenters. The molecule has 0 aliphatic carbocycles. The molecule has 8 heteroatoms. The highest BCUT2D eigenvalue weighted by Crippen LogP contribution is 2.29. The van der Waals surface area contributed by atoms with Crippen LogP contribution < -0.4 is 21.1 Å².